The Labute approximate surface area is 475 Å². The number of hydrogen-bond donors (Lipinski definition) is 5. The van der Waals surface area contributed by atoms with E-state index in [0.29, 0.717) is 97.4 Å². The third-order valence-corrected chi connectivity index (χ3v) is 15.7. The maximum absolute atomic E-state index is 6.21. The minimum atomic E-state index is -0.548. The van der Waals surface area contributed by atoms with Crippen LogP contribution in [0, 0.1) is 6.92 Å². The number of nitrogen functional groups attached to an aromatic ring is 3. The molecule has 0 spiro atoms. The summed E-state index contributed by atoms with van der Waals surface area (Å²) in [5.41, 5.74) is 34.6. The van der Waals surface area contributed by atoms with Crippen molar-refractivity contribution >= 4 is 97.0 Å². The topological polar surface area (TPSA) is 283 Å². The highest BCUT2D eigenvalue weighted by Gasteiger charge is 2.33. The molecule has 19 nitrogen and oxygen atoms in total. The summed E-state index contributed by atoms with van der Waals surface area (Å²) in [4.78, 5) is 76.5. The van der Waals surface area contributed by atoms with Crippen molar-refractivity contribution in [2.24, 2.45) is 69.9 Å². The lowest BCUT2D eigenvalue weighted by atomic mass is 10.0. The van der Waals surface area contributed by atoms with Crippen LogP contribution in [-0.2, 0) is 0 Å². The van der Waals surface area contributed by atoms with Gasteiger partial charge >= 0.3 is 0 Å². The zero-order valence-corrected chi connectivity index (χ0v) is 44.3. The molecule has 0 fully saturated rings. The van der Waals surface area contributed by atoms with Crippen LogP contribution in [0.25, 0.3) is 21.5 Å². The molecule has 8 aliphatic rings. The molecule has 2 atom stereocenters. The molecule has 0 radical (unpaired) electrons. The van der Waals surface area contributed by atoms with Gasteiger partial charge in [0, 0.05) is 105 Å². The van der Waals surface area contributed by atoms with Gasteiger partial charge in [0.05, 0.1) is 0 Å². The van der Waals surface area contributed by atoms with Crippen molar-refractivity contribution in [3.8, 4) is 0 Å². The average molecular weight is 1090 g/mol. The number of nitrogens with zero attached hydrogens (tertiary/aromatic N) is 14. The number of amidine groups is 10. The first-order valence-electron chi connectivity index (χ1n) is 27.1. The third-order valence-electron chi connectivity index (χ3n) is 15.7. The molecule has 8 aromatic carbocycles. The van der Waals surface area contributed by atoms with E-state index in [1.54, 1.807) is 0 Å². The molecule has 396 valence electrons. The van der Waals surface area contributed by atoms with E-state index in [4.69, 9.17) is 87.1 Å². The Balaban J connectivity index is 0.000000132. The fraction of sp³-hybridized carbons (Fsp3) is 0.0462. The number of nitrogens with one attached hydrogen (secondary N) is 2. The van der Waals surface area contributed by atoms with Crippen molar-refractivity contribution in [2.45, 2.75) is 19.3 Å². The Bertz CT molecular complexity index is 5330. The number of fused-ring (bicyclic) bond motifs is 34. The number of nitrogens with two attached hydrogens (primary N) is 3. The van der Waals surface area contributed by atoms with Crippen molar-refractivity contribution in [3.63, 3.8) is 0 Å². The van der Waals surface area contributed by atoms with Gasteiger partial charge in [-0.3, -0.25) is 0 Å². The highest BCUT2D eigenvalue weighted by atomic mass is 15.2. The van der Waals surface area contributed by atoms with Gasteiger partial charge < -0.3 is 27.2 Å². The standard InChI is InChI=1S/C33H21N9.C32H20N10/c1-16-10-12-22-24(14-16)32-39-28-20-8-4-2-6-18(20)27(35-28)38-31-23-13-11-17(34)15-25(23)33(42-31)40-29-21-9-5-3-7-19(21)26(36-29)37-30(22)41-32;33-15-9-11-21-23(13-15)31-39-27-19-7-3-4-8-20(19)28(36-27)40-32-24-14-16(34)10-12-22(24)30(42-32)38-26-18-6-2-1-5-17(18)25(35-26)37-29(21)41-31/h2-15,26H,34H2,1H3,(H,35,36,37,38,39,40,41,42);1-14,27H,33-34H2,(H,35,36,37,38,39,40,41,42). The smallest absolute Gasteiger partial charge is 0.170 e. The highest BCUT2D eigenvalue weighted by Crippen LogP contribution is 2.37. The van der Waals surface area contributed by atoms with Crippen LogP contribution < -0.4 is 39.2 Å². The minimum Gasteiger partial charge on any atom is -0.399 e. The summed E-state index contributed by atoms with van der Waals surface area (Å²) in [7, 11) is 0. The Morgan fingerprint density at radius 1 is 0.274 bits per heavy atom. The van der Waals surface area contributed by atoms with E-state index < -0.39 is 12.3 Å². The number of H-pyrrole nitrogens is 2. The van der Waals surface area contributed by atoms with Gasteiger partial charge in [-0.15, -0.1) is 0 Å². The Kier molecular flexibility index (Phi) is 9.97. The first-order valence-corrected chi connectivity index (χ1v) is 27.1. The molecule has 19 heteroatoms. The number of rotatable bonds is 0. The Hall–Kier alpha value is -11.9. The van der Waals surface area contributed by atoms with Crippen LogP contribution >= 0.6 is 0 Å². The number of aromatic amines is 2. The second-order valence-corrected chi connectivity index (χ2v) is 21.0. The monoisotopic (exact) mass is 1090 g/mol. The predicted octanol–water partition coefficient (Wildman–Crippen LogP) is 7.64. The molecule has 18 rings (SSSR count). The molecule has 10 heterocycles. The summed E-state index contributed by atoms with van der Waals surface area (Å²) in [6.45, 7) is 2.06. The van der Waals surface area contributed by atoms with Crippen LogP contribution in [0.5, 0.6) is 0 Å². The molecule has 2 unspecified atom stereocenters. The zero-order valence-electron chi connectivity index (χ0n) is 44.3. The van der Waals surface area contributed by atoms with Crippen LogP contribution in [0.4, 0.5) is 17.1 Å². The zero-order chi connectivity index (χ0) is 55.9. The molecule has 8 aliphatic heterocycles. The molecular formula is C65H41N19. The molecule has 8 N–H and O–H groups in total. The van der Waals surface area contributed by atoms with Crippen molar-refractivity contribution in [2.75, 3.05) is 17.2 Å². The van der Waals surface area contributed by atoms with Crippen LogP contribution in [0.1, 0.15) is 84.7 Å². The second kappa shape index (κ2) is 17.8. The number of aromatic nitrogens is 2. The van der Waals surface area contributed by atoms with E-state index in [1.807, 2.05) is 152 Å². The summed E-state index contributed by atoms with van der Waals surface area (Å²) < 4.78 is 0. The van der Waals surface area contributed by atoms with Crippen LogP contribution in [-0.4, -0.2) is 68.3 Å². The van der Waals surface area contributed by atoms with E-state index >= 15 is 0 Å². The molecule has 16 bridgehead atoms. The maximum Gasteiger partial charge on any atom is 0.170 e. The highest BCUT2D eigenvalue weighted by molar-refractivity contribution is 6.28. The number of aryl methyl sites for hydroxylation is 1. The molecule has 10 aromatic rings. The van der Waals surface area contributed by atoms with E-state index in [2.05, 4.69) is 35.1 Å². The number of hydrogen-bond acceptors (Lipinski definition) is 17. The normalized spacial score (nSPS) is 17.6. The van der Waals surface area contributed by atoms with E-state index in [1.165, 1.54) is 0 Å². The van der Waals surface area contributed by atoms with Crippen LogP contribution in [0.2, 0.25) is 0 Å². The maximum atomic E-state index is 6.21. The lowest BCUT2D eigenvalue weighted by molar-refractivity contribution is 0.796. The quantitative estimate of drug-likeness (QED) is 0.0958. The van der Waals surface area contributed by atoms with E-state index in [9.17, 15) is 0 Å². The first kappa shape index (κ1) is 47.0. The third kappa shape index (κ3) is 7.45. The first-order chi connectivity index (χ1) is 41.2. The van der Waals surface area contributed by atoms with Crippen molar-refractivity contribution in [1.29, 1.82) is 0 Å². The predicted molar refractivity (Wildman–Crippen MR) is 329 cm³/mol. The van der Waals surface area contributed by atoms with Crippen LogP contribution in [0.3, 0.4) is 0 Å². The van der Waals surface area contributed by atoms with Gasteiger partial charge in [-0.25, -0.2) is 69.9 Å². The van der Waals surface area contributed by atoms with Crippen LogP contribution in [0.15, 0.2) is 240 Å². The summed E-state index contributed by atoms with van der Waals surface area (Å²) in [5.74, 6) is 5.38. The van der Waals surface area contributed by atoms with Crippen molar-refractivity contribution in [1.82, 2.24) is 9.97 Å². The molecule has 2 aromatic heterocycles. The van der Waals surface area contributed by atoms with Gasteiger partial charge in [-0.2, -0.15) is 0 Å². The van der Waals surface area contributed by atoms with Crippen molar-refractivity contribution in [3.05, 3.63) is 264 Å². The molecule has 0 saturated carbocycles. The van der Waals surface area contributed by atoms with Gasteiger partial charge in [0.25, 0.3) is 0 Å². The Morgan fingerprint density at radius 2 is 0.560 bits per heavy atom. The average Bonchev–Trinajstić information content (AvgIpc) is 3.84. The molecular weight excluding hydrogens is 1050 g/mol. The SMILES string of the molecule is Cc1ccc2c(c1)C1=NC2=NC2N=C(N=C3N=C(N=c4[nH]c(c5ccccc45)=N1)c1ccc(N)cc13)c1ccccc12.Nc1ccc2c(c1)C1=NC3=NC(N=C4N=C(N=c5[nH]c(c6ccccc56)=NC2=N1)c1ccc(N)cc14)c1ccccc13. The molecule has 84 heavy (non-hydrogen) atoms. The summed E-state index contributed by atoms with van der Waals surface area (Å²) in [5, 5.41) is 3.69. The fourth-order valence-corrected chi connectivity index (χ4v) is 11.7. The van der Waals surface area contributed by atoms with Crippen molar-refractivity contribution < 1.29 is 0 Å². The van der Waals surface area contributed by atoms with E-state index in [-0.39, 0.29) is 0 Å². The van der Waals surface area contributed by atoms with Gasteiger partial charge in [-0.1, -0.05) is 115 Å². The molecule has 0 saturated heterocycles. The van der Waals surface area contributed by atoms with Gasteiger partial charge in [0.2, 0.25) is 0 Å². The number of anilines is 3. The number of aliphatic imine (C=N–C) groups is 10. The number of benzene rings is 8. The fourth-order valence-electron chi connectivity index (χ4n) is 11.7. The largest absolute Gasteiger partial charge is 0.399 e. The minimum absolute atomic E-state index is 0.491. The van der Waals surface area contributed by atoms with Gasteiger partial charge in [0.1, 0.15) is 22.0 Å². The summed E-state index contributed by atoms with van der Waals surface area (Å²) in [6.07, 6.45) is -1.05. The second-order valence-electron chi connectivity index (χ2n) is 21.0. The lowest BCUT2D eigenvalue weighted by Gasteiger charge is -2.06. The van der Waals surface area contributed by atoms with Gasteiger partial charge in [-0.05, 0) is 67.6 Å². The summed E-state index contributed by atoms with van der Waals surface area (Å²) >= 11 is 0. The molecule has 0 amide bonds. The lowest BCUT2D eigenvalue weighted by Crippen LogP contribution is -2.15. The van der Waals surface area contributed by atoms with E-state index in [0.717, 1.165) is 93.9 Å². The van der Waals surface area contributed by atoms with Gasteiger partial charge in [0.15, 0.2) is 70.7 Å². The summed E-state index contributed by atoms with van der Waals surface area (Å²) in [6, 6.07) is 55.2. The Morgan fingerprint density at radius 3 is 0.976 bits per heavy atom. The molecule has 0 aliphatic carbocycles.